The normalized spacial score (nSPS) is 22.2. The highest BCUT2D eigenvalue weighted by molar-refractivity contribution is 5.85. The number of carbonyl (C=O) groups excluding carboxylic acids is 1. The van der Waals surface area contributed by atoms with Gasteiger partial charge in [0.05, 0.1) is 5.92 Å². The van der Waals surface area contributed by atoms with Crippen molar-refractivity contribution in [1.82, 2.24) is 10.2 Å². The predicted octanol–water partition coefficient (Wildman–Crippen LogP) is 1.42. The van der Waals surface area contributed by atoms with Gasteiger partial charge in [-0.25, -0.2) is 0 Å². The first kappa shape index (κ1) is 20.3. The minimum Gasteiger partial charge on any atom is -0.355 e. The first-order valence-corrected chi connectivity index (χ1v) is 6.44. The van der Waals surface area contributed by atoms with Crippen LogP contribution in [0.3, 0.4) is 0 Å². The zero-order valence-corrected chi connectivity index (χ0v) is 13.0. The van der Waals surface area contributed by atoms with Gasteiger partial charge in [0.25, 0.3) is 0 Å². The Balaban J connectivity index is 0. The van der Waals surface area contributed by atoms with E-state index in [2.05, 4.69) is 24.1 Å². The number of rotatable bonds is 6. The molecule has 18 heavy (non-hydrogen) atoms. The molecule has 1 saturated carbocycles. The quantitative estimate of drug-likeness (QED) is 0.780. The van der Waals surface area contributed by atoms with Crippen LogP contribution in [0.1, 0.15) is 33.1 Å². The Bertz CT molecular complexity index is 225. The minimum atomic E-state index is 0. The summed E-state index contributed by atoms with van der Waals surface area (Å²) in [7, 11) is 0. The summed E-state index contributed by atoms with van der Waals surface area (Å²) in [5.74, 6) is 0.203. The van der Waals surface area contributed by atoms with Crippen LogP contribution in [0.25, 0.3) is 0 Å². The van der Waals surface area contributed by atoms with Gasteiger partial charge in [0.1, 0.15) is 0 Å². The molecule has 6 heteroatoms. The van der Waals surface area contributed by atoms with Gasteiger partial charge < -0.3 is 16.0 Å². The van der Waals surface area contributed by atoms with Gasteiger partial charge in [0.2, 0.25) is 5.91 Å². The summed E-state index contributed by atoms with van der Waals surface area (Å²) in [5.41, 5.74) is 5.89. The van der Waals surface area contributed by atoms with E-state index in [1.807, 2.05) is 0 Å². The number of nitrogens with two attached hydrogens (primary N) is 1. The molecule has 1 amide bonds. The molecule has 0 saturated heterocycles. The molecule has 2 unspecified atom stereocenters. The zero-order valence-electron chi connectivity index (χ0n) is 11.4. The lowest BCUT2D eigenvalue weighted by Gasteiger charge is -2.20. The summed E-state index contributed by atoms with van der Waals surface area (Å²) in [4.78, 5) is 14.1. The van der Waals surface area contributed by atoms with E-state index in [1.165, 1.54) is 0 Å². The largest absolute Gasteiger partial charge is 0.355 e. The van der Waals surface area contributed by atoms with Crippen molar-refractivity contribution in [2.24, 2.45) is 11.7 Å². The lowest BCUT2D eigenvalue weighted by Crippen LogP contribution is -2.41. The number of nitrogens with zero attached hydrogens (tertiary/aromatic N) is 1. The number of carbonyl (C=O) groups is 1. The molecule has 0 aromatic carbocycles. The lowest BCUT2D eigenvalue weighted by atomic mass is 10.0. The number of hydrogen-bond donors (Lipinski definition) is 2. The molecule has 4 nitrogen and oxygen atoms in total. The summed E-state index contributed by atoms with van der Waals surface area (Å²) in [6.45, 7) is 8.02. The van der Waals surface area contributed by atoms with Crippen LogP contribution >= 0.6 is 24.8 Å². The van der Waals surface area contributed by atoms with Crippen LogP contribution in [0.4, 0.5) is 0 Å². The van der Waals surface area contributed by atoms with Crippen LogP contribution in [-0.2, 0) is 4.79 Å². The van der Waals surface area contributed by atoms with Crippen LogP contribution in [0.15, 0.2) is 0 Å². The first-order valence-electron chi connectivity index (χ1n) is 6.44. The highest BCUT2D eigenvalue weighted by Gasteiger charge is 2.29. The number of nitrogens with one attached hydrogen (secondary N) is 1. The first-order chi connectivity index (χ1) is 7.69. The van der Waals surface area contributed by atoms with E-state index in [-0.39, 0.29) is 42.7 Å². The Morgan fingerprint density at radius 3 is 2.33 bits per heavy atom. The summed E-state index contributed by atoms with van der Waals surface area (Å²) < 4.78 is 0. The highest BCUT2D eigenvalue weighted by Crippen LogP contribution is 2.23. The van der Waals surface area contributed by atoms with E-state index < -0.39 is 0 Å². The molecular formula is C12H27Cl2N3O. The fourth-order valence-electron chi connectivity index (χ4n) is 2.32. The third-order valence-corrected chi connectivity index (χ3v) is 3.53. The monoisotopic (exact) mass is 299 g/mol. The van der Waals surface area contributed by atoms with E-state index >= 15 is 0 Å². The molecular weight excluding hydrogens is 273 g/mol. The Labute approximate surface area is 123 Å². The Morgan fingerprint density at radius 1 is 1.28 bits per heavy atom. The van der Waals surface area contributed by atoms with E-state index in [4.69, 9.17) is 5.73 Å². The third-order valence-electron chi connectivity index (χ3n) is 3.53. The van der Waals surface area contributed by atoms with Crippen molar-refractivity contribution in [3.05, 3.63) is 0 Å². The van der Waals surface area contributed by atoms with Gasteiger partial charge in [-0.3, -0.25) is 4.79 Å². The summed E-state index contributed by atoms with van der Waals surface area (Å²) in [5, 5.41) is 2.99. The van der Waals surface area contributed by atoms with Gasteiger partial charge in [-0.05, 0) is 25.9 Å². The van der Waals surface area contributed by atoms with Gasteiger partial charge in [-0.2, -0.15) is 0 Å². The van der Waals surface area contributed by atoms with Crippen molar-refractivity contribution in [2.75, 3.05) is 26.2 Å². The zero-order chi connectivity index (χ0) is 12.0. The van der Waals surface area contributed by atoms with Gasteiger partial charge in [0.15, 0.2) is 0 Å². The maximum absolute atomic E-state index is 11.8. The van der Waals surface area contributed by atoms with Crippen molar-refractivity contribution in [3.8, 4) is 0 Å². The fourth-order valence-corrected chi connectivity index (χ4v) is 2.32. The van der Waals surface area contributed by atoms with Crippen LogP contribution in [0, 0.1) is 5.92 Å². The molecule has 0 aliphatic heterocycles. The Kier molecular flexibility index (Phi) is 12.2. The molecule has 1 aliphatic carbocycles. The van der Waals surface area contributed by atoms with Crippen molar-refractivity contribution in [3.63, 3.8) is 0 Å². The molecule has 0 aromatic rings. The second-order valence-corrected chi connectivity index (χ2v) is 4.52. The van der Waals surface area contributed by atoms with Crippen LogP contribution in [0.2, 0.25) is 0 Å². The average Bonchev–Trinajstić information content (AvgIpc) is 2.70. The fraction of sp³-hybridized carbons (Fsp3) is 0.917. The standard InChI is InChI=1S/C12H25N3O.2ClH/c1-3-15(4-2)9-8-14-12(16)10-6-5-7-11(10)13;;/h10-11H,3-9,13H2,1-2H3,(H,14,16);2*1H. The summed E-state index contributed by atoms with van der Waals surface area (Å²) in [6, 6.07) is 0.0773. The van der Waals surface area contributed by atoms with E-state index in [0.717, 1.165) is 45.4 Å². The average molecular weight is 300 g/mol. The molecule has 1 aliphatic rings. The van der Waals surface area contributed by atoms with Crippen molar-refractivity contribution in [2.45, 2.75) is 39.2 Å². The Hall–Kier alpha value is -0.0300. The van der Waals surface area contributed by atoms with Crippen molar-refractivity contribution in [1.29, 1.82) is 0 Å². The van der Waals surface area contributed by atoms with Crippen LogP contribution in [-0.4, -0.2) is 43.0 Å². The molecule has 2 atom stereocenters. The smallest absolute Gasteiger partial charge is 0.224 e. The third kappa shape index (κ3) is 6.23. The molecule has 1 rings (SSSR count). The highest BCUT2D eigenvalue weighted by atomic mass is 35.5. The second kappa shape index (κ2) is 10.9. The molecule has 3 N–H and O–H groups in total. The topological polar surface area (TPSA) is 58.4 Å². The van der Waals surface area contributed by atoms with Crippen molar-refractivity contribution >= 4 is 30.7 Å². The molecule has 110 valence electrons. The molecule has 0 heterocycles. The van der Waals surface area contributed by atoms with Gasteiger partial charge in [-0.1, -0.05) is 20.3 Å². The molecule has 0 bridgehead atoms. The molecule has 1 fully saturated rings. The number of amides is 1. The molecule has 0 spiro atoms. The van der Waals surface area contributed by atoms with Gasteiger partial charge in [0, 0.05) is 19.1 Å². The SMILES string of the molecule is CCN(CC)CCNC(=O)C1CCCC1N.Cl.Cl. The number of hydrogen-bond acceptors (Lipinski definition) is 3. The second-order valence-electron chi connectivity index (χ2n) is 4.52. The maximum atomic E-state index is 11.8. The molecule has 0 aromatic heterocycles. The van der Waals surface area contributed by atoms with Gasteiger partial charge >= 0.3 is 0 Å². The summed E-state index contributed by atoms with van der Waals surface area (Å²) in [6.07, 6.45) is 3.04. The van der Waals surface area contributed by atoms with E-state index in [0.29, 0.717) is 0 Å². The number of likely N-dealkylation sites (N-methyl/N-ethyl adjacent to an activating group) is 1. The number of halogens is 2. The predicted molar refractivity (Wildman–Crippen MR) is 80.6 cm³/mol. The molecule has 0 radical (unpaired) electrons. The van der Waals surface area contributed by atoms with E-state index in [1.54, 1.807) is 0 Å². The van der Waals surface area contributed by atoms with Crippen LogP contribution < -0.4 is 11.1 Å². The summed E-state index contributed by atoms with van der Waals surface area (Å²) >= 11 is 0. The van der Waals surface area contributed by atoms with Crippen LogP contribution in [0.5, 0.6) is 0 Å². The Morgan fingerprint density at radius 2 is 1.89 bits per heavy atom. The van der Waals surface area contributed by atoms with E-state index in [9.17, 15) is 4.79 Å². The van der Waals surface area contributed by atoms with Crippen molar-refractivity contribution < 1.29 is 4.79 Å². The van der Waals surface area contributed by atoms with Gasteiger partial charge in [-0.15, -0.1) is 24.8 Å². The maximum Gasteiger partial charge on any atom is 0.224 e. The lowest BCUT2D eigenvalue weighted by molar-refractivity contribution is -0.125. The minimum absolute atomic E-state index is 0.